The second-order valence-electron chi connectivity index (χ2n) is 9.16. The van der Waals surface area contributed by atoms with Gasteiger partial charge in [0.05, 0.1) is 25.8 Å². The summed E-state index contributed by atoms with van der Waals surface area (Å²) in [5.41, 5.74) is 11.8. The van der Waals surface area contributed by atoms with E-state index < -0.39 is 17.9 Å². The van der Waals surface area contributed by atoms with Crippen molar-refractivity contribution < 1.29 is 19.1 Å². The lowest BCUT2D eigenvalue weighted by molar-refractivity contribution is -0.119. The summed E-state index contributed by atoms with van der Waals surface area (Å²) in [6.07, 6.45) is 2.17. The number of nitrogens with one attached hydrogen (secondary N) is 3. The van der Waals surface area contributed by atoms with Crippen LogP contribution in [0.5, 0.6) is 0 Å². The smallest absolute Gasteiger partial charge is 0.289 e. The molecule has 1 fully saturated rings. The lowest BCUT2D eigenvalue weighted by Crippen LogP contribution is -2.46. The fourth-order valence-electron chi connectivity index (χ4n) is 4.35. The average molecular weight is 529 g/mol. The van der Waals surface area contributed by atoms with Crippen LogP contribution in [0, 0.1) is 0 Å². The number of primary amides is 1. The van der Waals surface area contributed by atoms with Crippen molar-refractivity contribution in [1.29, 1.82) is 0 Å². The number of ether oxygens (including phenoxy) is 1. The Morgan fingerprint density at radius 1 is 1.13 bits per heavy atom. The highest BCUT2D eigenvalue weighted by Gasteiger charge is 2.23. The zero-order valence-corrected chi connectivity index (χ0v) is 21.1. The number of anilines is 3. The fraction of sp³-hybridized carbons (Fsp3) is 0.259. The molecular formula is C27H28N8O4. The molecule has 3 heterocycles. The molecule has 39 heavy (non-hydrogen) atoms. The maximum absolute atomic E-state index is 13.2. The lowest BCUT2D eigenvalue weighted by atomic mass is 10.1. The van der Waals surface area contributed by atoms with Crippen molar-refractivity contribution in [3.63, 3.8) is 0 Å². The number of fused-ring (bicyclic) bond motifs is 1. The van der Waals surface area contributed by atoms with Crippen LogP contribution in [-0.4, -0.2) is 66.2 Å². The molecule has 1 aromatic heterocycles. The van der Waals surface area contributed by atoms with Crippen LogP contribution in [-0.2, 0) is 27.2 Å². The molecule has 2 aromatic carbocycles. The molecule has 0 saturated carbocycles. The van der Waals surface area contributed by atoms with Crippen LogP contribution in [0.25, 0.3) is 0 Å². The number of hydrazone groups is 1. The van der Waals surface area contributed by atoms with Crippen LogP contribution >= 0.6 is 0 Å². The van der Waals surface area contributed by atoms with E-state index in [0.29, 0.717) is 44.4 Å². The van der Waals surface area contributed by atoms with Crippen molar-refractivity contribution in [2.24, 2.45) is 10.8 Å². The van der Waals surface area contributed by atoms with Gasteiger partial charge in [-0.2, -0.15) is 5.10 Å². The van der Waals surface area contributed by atoms with Gasteiger partial charge >= 0.3 is 0 Å². The third kappa shape index (κ3) is 6.54. The van der Waals surface area contributed by atoms with Crippen LogP contribution in [0.3, 0.4) is 0 Å². The van der Waals surface area contributed by atoms with E-state index in [1.165, 1.54) is 0 Å². The maximum Gasteiger partial charge on any atom is 0.289 e. The Balaban J connectivity index is 1.35. The largest absolute Gasteiger partial charge is 0.378 e. The molecule has 2 aliphatic rings. The lowest BCUT2D eigenvalue weighted by Gasteiger charge is -2.28. The highest BCUT2D eigenvalue weighted by atomic mass is 16.5. The summed E-state index contributed by atoms with van der Waals surface area (Å²) < 4.78 is 5.44. The van der Waals surface area contributed by atoms with Gasteiger partial charge in [0.1, 0.15) is 11.9 Å². The first-order chi connectivity index (χ1) is 18.9. The number of aromatic nitrogens is 2. The molecule has 0 aliphatic carbocycles. The Morgan fingerprint density at radius 2 is 1.92 bits per heavy atom. The quantitative estimate of drug-likeness (QED) is 0.237. The van der Waals surface area contributed by atoms with E-state index in [2.05, 4.69) is 31.1 Å². The number of hydrogen-bond donors (Lipinski definition) is 4. The first kappa shape index (κ1) is 25.8. The van der Waals surface area contributed by atoms with Gasteiger partial charge in [-0.25, -0.2) is 9.97 Å². The highest BCUT2D eigenvalue weighted by molar-refractivity contribution is 6.00. The van der Waals surface area contributed by atoms with Gasteiger partial charge in [-0.15, -0.1) is 0 Å². The van der Waals surface area contributed by atoms with Gasteiger partial charge in [0.25, 0.3) is 5.91 Å². The van der Waals surface area contributed by atoms with Crippen molar-refractivity contribution in [2.75, 3.05) is 41.9 Å². The van der Waals surface area contributed by atoms with Crippen LogP contribution in [0.4, 0.5) is 17.3 Å². The summed E-state index contributed by atoms with van der Waals surface area (Å²) in [4.78, 5) is 47.7. The van der Waals surface area contributed by atoms with Gasteiger partial charge in [-0.1, -0.05) is 36.4 Å². The predicted octanol–water partition coefficient (Wildman–Crippen LogP) is 1.08. The number of nitrogens with zero attached hydrogens (tertiary/aromatic N) is 4. The average Bonchev–Trinajstić information content (AvgIpc) is 3.33. The van der Waals surface area contributed by atoms with Gasteiger partial charge in [0.15, 0.2) is 5.82 Å². The molecule has 0 bridgehead atoms. The van der Waals surface area contributed by atoms with E-state index in [1.54, 1.807) is 12.3 Å². The number of carbonyl (C=O) groups excluding carboxylic acids is 3. The molecule has 200 valence electrons. The number of rotatable bonds is 9. The number of carbonyl (C=O) groups is 3. The number of morpholine rings is 1. The van der Waals surface area contributed by atoms with E-state index in [-0.39, 0.29) is 18.2 Å². The van der Waals surface area contributed by atoms with Crippen molar-refractivity contribution in [1.82, 2.24) is 15.3 Å². The topological polar surface area (TPSA) is 164 Å². The molecule has 0 spiro atoms. The monoisotopic (exact) mass is 528 g/mol. The molecule has 0 radical (unpaired) electrons. The molecule has 1 atom stereocenters. The Labute approximate surface area is 224 Å². The SMILES string of the molecule is NC(=O)C(Cc1ccccc1)NC(=O)c1nc(N/N=C/c2ccc3c(c2)CC(=O)N3)cc(N2CCOCC2)n1. The third-order valence-corrected chi connectivity index (χ3v) is 6.33. The predicted molar refractivity (Wildman–Crippen MR) is 146 cm³/mol. The molecule has 1 saturated heterocycles. The molecule has 12 nitrogen and oxygen atoms in total. The van der Waals surface area contributed by atoms with E-state index in [1.807, 2.05) is 53.4 Å². The van der Waals surface area contributed by atoms with Gasteiger partial charge in [-0.05, 0) is 28.8 Å². The first-order valence-electron chi connectivity index (χ1n) is 12.5. The molecule has 2 aliphatic heterocycles. The minimum absolute atomic E-state index is 0.0398. The molecule has 5 N–H and O–H groups in total. The molecule has 3 amide bonds. The summed E-state index contributed by atoms with van der Waals surface area (Å²) in [6.45, 7) is 2.26. The van der Waals surface area contributed by atoms with Crippen LogP contribution in [0.2, 0.25) is 0 Å². The van der Waals surface area contributed by atoms with Gasteiger partial charge in [0.2, 0.25) is 17.6 Å². The number of amides is 3. The normalized spacial score (nSPS) is 15.5. The van der Waals surface area contributed by atoms with Crippen LogP contribution in [0.15, 0.2) is 59.7 Å². The van der Waals surface area contributed by atoms with Gasteiger partial charge in [0, 0.05) is 31.3 Å². The zero-order chi connectivity index (χ0) is 27.2. The van der Waals surface area contributed by atoms with E-state index >= 15 is 0 Å². The molecule has 1 unspecified atom stereocenters. The second-order valence-corrected chi connectivity index (χ2v) is 9.16. The van der Waals surface area contributed by atoms with Crippen LogP contribution in [0.1, 0.15) is 27.3 Å². The summed E-state index contributed by atoms with van der Waals surface area (Å²) >= 11 is 0. The van der Waals surface area contributed by atoms with Gasteiger partial charge in [-0.3, -0.25) is 19.8 Å². The fourth-order valence-corrected chi connectivity index (χ4v) is 4.35. The molecule has 5 rings (SSSR count). The zero-order valence-electron chi connectivity index (χ0n) is 21.1. The Kier molecular flexibility index (Phi) is 7.73. The van der Waals surface area contributed by atoms with Crippen molar-refractivity contribution in [3.05, 3.63) is 77.1 Å². The van der Waals surface area contributed by atoms with Crippen molar-refractivity contribution in [2.45, 2.75) is 18.9 Å². The molecule has 12 heteroatoms. The van der Waals surface area contributed by atoms with Crippen LogP contribution < -0.4 is 26.7 Å². The summed E-state index contributed by atoms with van der Waals surface area (Å²) in [7, 11) is 0. The number of nitrogens with two attached hydrogens (primary N) is 1. The summed E-state index contributed by atoms with van der Waals surface area (Å²) in [6, 6.07) is 15.6. The Morgan fingerprint density at radius 3 is 2.69 bits per heavy atom. The second kappa shape index (κ2) is 11.7. The van der Waals surface area contributed by atoms with E-state index in [0.717, 1.165) is 22.4 Å². The number of hydrogen-bond acceptors (Lipinski definition) is 9. The minimum Gasteiger partial charge on any atom is -0.378 e. The Bertz CT molecular complexity index is 1410. The Hall–Kier alpha value is -4.84. The van der Waals surface area contributed by atoms with Gasteiger partial charge < -0.3 is 26.0 Å². The van der Waals surface area contributed by atoms with Crippen molar-refractivity contribution in [3.8, 4) is 0 Å². The van der Waals surface area contributed by atoms with E-state index in [4.69, 9.17) is 10.5 Å². The van der Waals surface area contributed by atoms with E-state index in [9.17, 15) is 14.4 Å². The van der Waals surface area contributed by atoms with Crippen molar-refractivity contribution >= 4 is 41.3 Å². The standard InChI is InChI=1S/C27H28N8O4/c28-25(37)21(13-17-4-2-1-3-5-17)31-27(38)26-32-22(15-23(33-26)35-8-10-39-11-9-35)34-29-16-18-6-7-20-19(12-18)14-24(36)30-20/h1-7,12,15-16,21H,8-11,13-14H2,(H2,28,37)(H,30,36)(H,31,38)(H,32,33,34)/b29-16+. The maximum atomic E-state index is 13.2. The highest BCUT2D eigenvalue weighted by Crippen LogP contribution is 2.23. The minimum atomic E-state index is -0.939. The molecular weight excluding hydrogens is 500 g/mol. The molecule has 3 aromatic rings. The summed E-state index contributed by atoms with van der Waals surface area (Å²) in [5, 5.41) is 9.73. The number of benzene rings is 2. The third-order valence-electron chi connectivity index (χ3n) is 6.33. The first-order valence-corrected chi connectivity index (χ1v) is 12.5. The summed E-state index contributed by atoms with van der Waals surface area (Å²) in [5.74, 6) is -0.639.